The molecule has 0 bridgehead atoms. The number of carbonyl (C=O) groups is 1. The lowest BCUT2D eigenvalue weighted by Gasteiger charge is -2.35. The molecule has 1 rings (SSSR count). The van der Waals surface area contributed by atoms with Crippen LogP contribution in [0.4, 0.5) is 13.2 Å². The fraction of sp³-hybridized carbons (Fsp3) is 0.909. The third-order valence-corrected chi connectivity index (χ3v) is 3.38. The third kappa shape index (κ3) is 4.18. The summed E-state index contributed by atoms with van der Waals surface area (Å²) in [5, 5.41) is 11.3. The van der Waals surface area contributed by atoms with Crippen LogP contribution in [0.1, 0.15) is 39.0 Å². The van der Waals surface area contributed by atoms with E-state index in [-0.39, 0.29) is 5.54 Å². The quantitative estimate of drug-likeness (QED) is 0.809. The zero-order chi connectivity index (χ0) is 13.1. The smallest absolute Gasteiger partial charge is 0.403 e. The zero-order valence-corrected chi connectivity index (χ0v) is 9.81. The summed E-state index contributed by atoms with van der Waals surface area (Å²) in [5.74, 6) is -4.13. The molecule has 0 saturated heterocycles. The summed E-state index contributed by atoms with van der Waals surface area (Å²) in [6.45, 7) is 1.32. The van der Waals surface area contributed by atoms with E-state index in [1.807, 2.05) is 6.92 Å². The maximum atomic E-state index is 12.4. The summed E-state index contributed by atoms with van der Waals surface area (Å²) in [6.07, 6.45) is -0.0301. The second-order valence-electron chi connectivity index (χ2n) is 4.93. The van der Waals surface area contributed by atoms with E-state index < -0.39 is 24.6 Å². The molecular weight excluding hydrogens is 235 g/mol. The molecule has 0 radical (unpaired) electrons. The van der Waals surface area contributed by atoms with Crippen molar-refractivity contribution < 1.29 is 23.1 Å². The zero-order valence-electron chi connectivity index (χ0n) is 9.81. The van der Waals surface area contributed by atoms with Gasteiger partial charge in [0.25, 0.3) is 0 Å². The van der Waals surface area contributed by atoms with Crippen LogP contribution in [0.2, 0.25) is 0 Å². The molecule has 0 aliphatic heterocycles. The number of halogens is 3. The fourth-order valence-electron chi connectivity index (χ4n) is 2.20. The summed E-state index contributed by atoms with van der Waals surface area (Å²) in [5.41, 5.74) is -0.350. The molecule has 17 heavy (non-hydrogen) atoms. The van der Waals surface area contributed by atoms with Crippen LogP contribution in [-0.4, -0.2) is 29.3 Å². The largest absolute Gasteiger partial charge is 0.481 e. The van der Waals surface area contributed by atoms with Crippen molar-refractivity contribution in [2.45, 2.75) is 50.7 Å². The van der Waals surface area contributed by atoms with Gasteiger partial charge in [-0.3, -0.25) is 4.79 Å². The monoisotopic (exact) mass is 253 g/mol. The molecule has 0 spiro atoms. The van der Waals surface area contributed by atoms with E-state index in [1.54, 1.807) is 0 Å². The van der Waals surface area contributed by atoms with Gasteiger partial charge in [0.15, 0.2) is 5.92 Å². The Morgan fingerprint density at radius 3 is 2.29 bits per heavy atom. The molecule has 0 aromatic rings. The second kappa shape index (κ2) is 5.25. The first-order valence-corrected chi connectivity index (χ1v) is 5.79. The highest BCUT2D eigenvalue weighted by Gasteiger charge is 2.45. The Labute approximate surface area is 98.4 Å². The van der Waals surface area contributed by atoms with Crippen molar-refractivity contribution in [1.29, 1.82) is 0 Å². The lowest BCUT2D eigenvalue weighted by molar-refractivity contribution is -0.193. The van der Waals surface area contributed by atoms with Crippen LogP contribution in [0.5, 0.6) is 0 Å². The average molecular weight is 253 g/mol. The molecule has 1 aliphatic carbocycles. The van der Waals surface area contributed by atoms with Gasteiger partial charge in [-0.25, -0.2) is 0 Å². The molecule has 2 N–H and O–H groups in total. The van der Waals surface area contributed by atoms with Crippen molar-refractivity contribution in [1.82, 2.24) is 5.32 Å². The maximum absolute atomic E-state index is 12.4. The standard InChI is InChI=1S/C11H18F3NO2/c1-10(5-3-2-4-6-10)15-7-8(9(16)17)11(12,13)14/h8,15H,2-7H2,1H3,(H,16,17). The van der Waals surface area contributed by atoms with E-state index in [1.165, 1.54) is 0 Å². The van der Waals surface area contributed by atoms with E-state index in [0.29, 0.717) is 0 Å². The minimum Gasteiger partial charge on any atom is -0.481 e. The first-order chi connectivity index (χ1) is 7.75. The minimum absolute atomic E-state index is 0.350. The summed E-state index contributed by atoms with van der Waals surface area (Å²) >= 11 is 0. The van der Waals surface area contributed by atoms with Crippen LogP contribution < -0.4 is 5.32 Å². The van der Waals surface area contributed by atoms with Crippen LogP contribution in [-0.2, 0) is 4.79 Å². The maximum Gasteiger partial charge on any atom is 0.403 e. The normalized spacial score (nSPS) is 22.1. The predicted molar refractivity (Wildman–Crippen MR) is 56.7 cm³/mol. The number of nitrogens with one attached hydrogen (secondary N) is 1. The number of alkyl halides is 3. The molecular formula is C11H18F3NO2. The van der Waals surface area contributed by atoms with Gasteiger partial charge >= 0.3 is 12.1 Å². The lowest BCUT2D eigenvalue weighted by atomic mass is 9.83. The molecule has 0 heterocycles. The Hall–Kier alpha value is -0.780. The molecule has 1 unspecified atom stereocenters. The van der Waals surface area contributed by atoms with E-state index in [0.717, 1.165) is 32.1 Å². The highest BCUT2D eigenvalue weighted by atomic mass is 19.4. The van der Waals surface area contributed by atoms with Crippen molar-refractivity contribution >= 4 is 5.97 Å². The van der Waals surface area contributed by atoms with E-state index in [4.69, 9.17) is 5.11 Å². The van der Waals surface area contributed by atoms with Crippen molar-refractivity contribution in [3.05, 3.63) is 0 Å². The van der Waals surface area contributed by atoms with Crippen molar-refractivity contribution in [2.75, 3.05) is 6.54 Å². The topological polar surface area (TPSA) is 49.3 Å². The number of carboxylic acids is 1. The summed E-state index contributed by atoms with van der Waals surface area (Å²) in [7, 11) is 0. The SMILES string of the molecule is CC1(NCC(C(=O)O)C(F)(F)F)CCCCC1. The fourth-order valence-corrected chi connectivity index (χ4v) is 2.20. The van der Waals surface area contributed by atoms with Gasteiger partial charge in [0, 0.05) is 12.1 Å². The van der Waals surface area contributed by atoms with E-state index in [9.17, 15) is 18.0 Å². The second-order valence-corrected chi connectivity index (χ2v) is 4.93. The predicted octanol–water partition coefficient (Wildman–Crippen LogP) is 2.56. The molecule has 0 amide bonds. The van der Waals surface area contributed by atoms with Crippen molar-refractivity contribution in [3.63, 3.8) is 0 Å². The highest BCUT2D eigenvalue weighted by molar-refractivity contribution is 5.71. The third-order valence-electron chi connectivity index (χ3n) is 3.38. The van der Waals surface area contributed by atoms with E-state index >= 15 is 0 Å². The van der Waals surface area contributed by atoms with Gasteiger partial charge in [-0.05, 0) is 19.8 Å². The van der Waals surface area contributed by atoms with Gasteiger partial charge in [-0.1, -0.05) is 19.3 Å². The summed E-state index contributed by atoms with van der Waals surface area (Å²) in [4.78, 5) is 10.6. The Balaban J connectivity index is 2.54. The summed E-state index contributed by atoms with van der Waals surface area (Å²) in [6, 6.07) is 0. The lowest BCUT2D eigenvalue weighted by Crippen LogP contribution is -2.49. The molecule has 1 fully saturated rings. The first kappa shape index (κ1) is 14.3. The number of hydrogen-bond donors (Lipinski definition) is 2. The van der Waals surface area contributed by atoms with E-state index in [2.05, 4.69) is 5.32 Å². The number of carboxylic acid groups (broad SMARTS) is 1. The van der Waals surface area contributed by atoms with Gasteiger partial charge in [0.05, 0.1) is 0 Å². The first-order valence-electron chi connectivity index (χ1n) is 5.79. The van der Waals surface area contributed by atoms with Crippen LogP contribution in [0.15, 0.2) is 0 Å². The molecule has 0 aromatic carbocycles. The van der Waals surface area contributed by atoms with Crippen LogP contribution in [0.25, 0.3) is 0 Å². The van der Waals surface area contributed by atoms with Crippen molar-refractivity contribution in [3.8, 4) is 0 Å². The number of rotatable bonds is 4. The molecule has 100 valence electrons. The Morgan fingerprint density at radius 1 is 1.35 bits per heavy atom. The Morgan fingerprint density at radius 2 is 1.88 bits per heavy atom. The molecule has 1 saturated carbocycles. The molecule has 3 nitrogen and oxygen atoms in total. The molecule has 1 aliphatic rings. The van der Waals surface area contributed by atoms with Crippen molar-refractivity contribution in [2.24, 2.45) is 5.92 Å². The molecule has 0 aromatic heterocycles. The average Bonchev–Trinajstić information content (AvgIpc) is 2.15. The van der Waals surface area contributed by atoms with Crippen LogP contribution in [0.3, 0.4) is 0 Å². The van der Waals surface area contributed by atoms with Crippen LogP contribution >= 0.6 is 0 Å². The Bertz CT molecular complexity index is 272. The van der Waals surface area contributed by atoms with Gasteiger partial charge in [-0.2, -0.15) is 13.2 Å². The molecule has 6 heteroatoms. The Kier molecular flexibility index (Phi) is 4.41. The van der Waals surface area contributed by atoms with Gasteiger partial charge in [0.2, 0.25) is 0 Å². The highest BCUT2D eigenvalue weighted by Crippen LogP contribution is 2.30. The summed E-state index contributed by atoms with van der Waals surface area (Å²) < 4.78 is 37.3. The number of hydrogen-bond acceptors (Lipinski definition) is 2. The van der Waals surface area contributed by atoms with Gasteiger partial charge < -0.3 is 10.4 Å². The van der Waals surface area contributed by atoms with Gasteiger partial charge in [0.1, 0.15) is 0 Å². The number of aliphatic carboxylic acids is 1. The van der Waals surface area contributed by atoms with Crippen LogP contribution in [0, 0.1) is 5.92 Å². The van der Waals surface area contributed by atoms with Gasteiger partial charge in [-0.15, -0.1) is 0 Å². The molecule has 1 atom stereocenters. The minimum atomic E-state index is -4.69.